The normalized spacial score (nSPS) is 20.3. The van der Waals surface area contributed by atoms with E-state index in [2.05, 4.69) is 5.32 Å². The topological polar surface area (TPSA) is 113 Å². The van der Waals surface area contributed by atoms with Crippen LogP contribution >= 0.6 is 11.3 Å². The minimum Gasteiger partial charge on any atom is -0.388 e. The Hall–Kier alpha value is -2.00. The molecule has 1 saturated heterocycles. The van der Waals surface area contributed by atoms with Gasteiger partial charge >= 0.3 is 5.69 Å². The molecule has 2 amide bonds. The van der Waals surface area contributed by atoms with Crippen LogP contribution in [0.4, 0.5) is 10.7 Å². The number of hydrogen-bond donors (Lipinski definition) is 2. The van der Waals surface area contributed by atoms with E-state index >= 15 is 0 Å². The molecule has 1 aromatic heterocycles. The van der Waals surface area contributed by atoms with E-state index in [0.717, 1.165) is 11.3 Å². The smallest absolute Gasteiger partial charge is 0.304 e. The van der Waals surface area contributed by atoms with E-state index in [9.17, 15) is 24.8 Å². The summed E-state index contributed by atoms with van der Waals surface area (Å²) in [6, 6.07) is 0.649. The van der Waals surface area contributed by atoms with Crippen LogP contribution in [0.2, 0.25) is 0 Å². The quantitative estimate of drug-likeness (QED) is 0.486. The molecular formula is C12H15N3O5S. The molecule has 1 aliphatic heterocycles. The molecule has 21 heavy (non-hydrogen) atoms. The molecule has 1 fully saturated rings. The molecule has 2 N–H and O–H groups in total. The second kappa shape index (κ2) is 5.78. The molecule has 9 heteroatoms. The van der Waals surface area contributed by atoms with Crippen LogP contribution in [0.5, 0.6) is 0 Å². The third-order valence-electron chi connectivity index (χ3n) is 3.22. The maximum atomic E-state index is 11.9. The van der Waals surface area contributed by atoms with Crippen molar-refractivity contribution in [3.8, 4) is 0 Å². The van der Waals surface area contributed by atoms with Crippen LogP contribution in [0.25, 0.3) is 0 Å². The van der Waals surface area contributed by atoms with Crippen molar-refractivity contribution in [2.75, 3.05) is 11.4 Å². The van der Waals surface area contributed by atoms with Crippen LogP contribution in [-0.4, -0.2) is 34.4 Å². The number of imide groups is 1. The number of carbonyl (C=O) groups is 2. The molecular weight excluding hydrogens is 298 g/mol. The van der Waals surface area contributed by atoms with Crippen LogP contribution in [0.1, 0.15) is 31.2 Å². The Morgan fingerprint density at radius 3 is 2.81 bits per heavy atom. The first-order valence-electron chi connectivity index (χ1n) is 6.41. The molecule has 1 aliphatic rings. The van der Waals surface area contributed by atoms with Gasteiger partial charge in [-0.05, 0) is 13.3 Å². The SMILES string of the molecule is CCC1C(=O)NC(=O)CN1c1sc(C(C)O)cc1[N+](=O)[O-]. The first-order valence-corrected chi connectivity index (χ1v) is 7.23. The van der Waals surface area contributed by atoms with Gasteiger partial charge in [-0.25, -0.2) is 0 Å². The fourth-order valence-corrected chi connectivity index (χ4v) is 3.33. The predicted molar refractivity (Wildman–Crippen MR) is 76.2 cm³/mol. The molecule has 0 aliphatic carbocycles. The zero-order valence-corrected chi connectivity index (χ0v) is 12.3. The lowest BCUT2D eigenvalue weighted by molar-refractivity contribution is -0.383. The van der Waals surface area contributed by atoms with Crippen molar-refractivity contribution in [1.82, 2.24) is 5.32 Å². The van der Waals surface area contributed by atoms with E-state index in [4.69, 9.17) is 0 Å². The van der Waals surface area contributed by atoms with E-state index in [0.29, 0.717) is 11.3 Å². The summed E-state index contributed by atoms with van der Waals surface area (Å²) in [5, 5.41) is 23.2. The second-order valence-electron chi connectivity index (χ2n) is 4.74. The number of nitrogens with zero attached hydrogens (tertiary/aromatic N) is 2. The average Bonchev–Trinajstić information content (AvgIpc) is 2.83. The number of carbonyl (C=O) groups excluding carboxylic acids is 2. The monoisotopic (exact) mass is 313 g/mol. The molecule has 114 valence electrons. The molecule has 0 spiro atoms. The highest BCUT2D eigenvalue weighted by atomic mass is 32.1. The van der Waals surface area contributed by atoms with Gasteiger partial charge in [-0.2, -0.15) is 0 Å². The Morgan fingerprint density at radius 1 is 1.62 bits per heavy atom. The fraction of sp³-hybridized carbons (Fsp3) is 0.500. The van der Waals surface area contributed by atoms with E-state index in [1.165, 1.54) is 17.9 Å². The van der Waals surface area contributed by atoms with Crippen LogP contribution in [0.15, 0.2) is 6.07 Å². The number of hydrogen-bond acceptors (Lipinski definition) is 7. The van der Waals surface area contributed by atoms with Crippen LogP contribution < -0.4 is 10.2 Å². The summed E-state index contributed by atoms with van der Waals surface area (Å²) in [5.74, 6) is -0.957. The molecule has 0 radical (unpaired) electrons. The average molecular weight is 313 g/mol. The molecule has 0 aromatic carbocycles. The predicted octanol–water partition coefficient (Wildman–Crippen LogP) is 0.951. The Kier molecular flexibility index (Phi) is 4.24. The lowest BCUT2D eigenvalue weighted by Gasteiger charge is -2.33. The van der Waals surface area contributed by atoms with Crippen molar-refractivity contribution in [3.05, 3.63) is 21.1 Å². The number of aliphatic hydroxyl groups excluding tert-OH is 1. The number of amides is 2. The number of anilines is 1. The van der Waals surface area contributed by atoms with Gasteiger partial charge in [0.25, 0.3) is 0 Å². The van der Waals surface area contributed by atoms with Gasteiger partial charge in [-0.15, -0.1) is 11.3 Å². The van der Waals surface area contributed by atoms with Crippen molar-refractivity contribution in [3.63, 3.8) is 0 Å². The molecule has 2 rings (SSSR count). The summed E-state index contributed by atoms with van der Waals surface area (Å²) in [6.45, 7) is 3.15. The van der Waals surface area contributed by atoms with Gasteiger partial charge in [0.05, 0.1) is 17.6 Å². The maximum absolute atomic E-state index is 11.9. The zero-order chi connectivity index (χ0) is 15.7. The Bertz CT molecular complexity index is 598. The zero-order valence-electron chi connectivity index (χ0n) is 11.5. The summed E-state index contributed by atoms with van der Waals surface area (Å²) in [5.41, 5.74) is -0.197. The number of rotatable bonds is 4. The summed E-state index contributed by atoms with van der Waals surface area (Å²) in [7, 11) is 0. The van der Waals surface area contributed by atoms with Crippen molar-refractivity contribution < 1.29 is 19.6 Å². The summed E-state index contributed by atoms with van der Waals surface area (Å²) >= 11 is 1.03. The summed E-state index contributed by atoms with van der Waals surface area (Å²) in [4.78, 5) is 35.9. The minimum atomic E-state index is -0.850. The number of nitro groups is 1. The molecule has 2 unspecified atom stereocenters. The molecule has 0 saturated carbocycles. The van der Waals surface area contributed by atoms with E-state index in [1.54, 1.807) is 6.92 Å². The number of nitrogens with one attached hydrogen (secondary N) is 1. The van der Waals surface area contributed by atoms with Gasteiger partial charge in [-0.3, -0.25) is 25.0 Å². The molecule has 8 nitrogen and oxygen atoms in total. The van der Waals surface area contributed by atoms with Gasteiger partial charge in [0.1, 0.15) is 6.04 Å². The summed E-state index contributed by atoms with van der Waals surface area (Å²) in [6.07, 6.45) is -0.435. The number of thiophene rings is 1. The van der Waals surface area contributed by atoms with Crippen molar-refractivity contribution in [2.24, 2.45) is 0 Å². The van der Waals surface area contributed by atoms with E-state index < -0.39 is 28.9 Å². The maximum Gasteiger partial charge on any atom is 0.304 e. The van der Waals surface area contributed by atoms with Crippen LogP contribution in [0.3, 0.4) is 0 Å². The molecule has 2 atom stereocenters. The highest BCUT2D eigenvalue weighted by Gasteiger charge is 2.37. The lowest BCUT2D eigenvalue weighted by Crippen LogP contribution is -2.58. The number of aliphatic hydroxyl groups is 1. The first-order chi connectivity index (χ1) is 9.85. The molecule has 1 aromatic rings. The number of piperazine rings is 1. The third-order valence-corrected chi connectivity index (χ3v) is 4.56. The van der Waals surface area contributed by atoms with E-state index in [-0.39, 0.29) is 17.2 Å². The Morgan fingerprint density at radius 2 is 2.29 bits per heavy atom. The second-order valence-corrected chi connectivity index (χ2v) is 5.80. The first kappa shape index (κ1) is 15.4. The van der Waals surface area contributed by atoms with Crippen molar-refractivity contribution >= 4 is 33.8 Å². The van der Waals surface area contributed by atoms with Crippen molar-refractivity contribution in [1.29, 1.82) is 0 Å². The molecule has 0 bridgehead atoms. The lowest BCUT2D eigenvalue weighted by atomic mass is 10.1. The third kappa shape index (κ3) is 2.88. The van der Waals surface area contributed by atoms with Gasteiger partial charge in [0.15, 0.2) is 5.00 Å². The van der Waals surface area contributed by atoms with Crippen LogP contribution in [0, 0.1) is 10.1 Å². The highest BCUT2D eigenvalue weighted by molar-refractivity contribution is 7.16. The van der Waals surface area contributed by atoms with Crippen LogP contribution in [-0.2, 0) is 9.59 Å². The van der Waals surface area contributed by atoms with Gasteiger partial charge < -0.3 is 10.0 Å². The summed E-state index contributed by atoms with van der Waals surface area (Å²) < 4.78 is 0. The fourth-order valence-electron chi connectivity index (χ4n) is 2.22. The van der Waals surface area contributed by atoms with Gasteiger partial charge in [0, 0.05) is 10.9 Å². The van der Waals surface area contributed by atoms with Crippen molar-refractivity contribution in [2.45, 2.75) is 32.4 Å². The minimum absolute atomic E-state index is 0.120. The standard InChI is InChI=1S/C12H15N3O5S/c1-3-7-11(18)13-10(17)5-14(7)12-8(15(19)20)4-9(21-12)6(2)16/h4,6-7,16H,3,5H2,1-2H3,(H,13,17,18). The van der Waals surface area contributed by atoms with E-state index in [1.807, 2.05) is 0 Å². The van der Waals surface area contributed by atoms with Gasteiger partial charge in [-0.1, -0.05) is 6.92 Å². The Balaban J connectivity index is 2.49. The highest BCUT2D eigenvalue weighted by Crippen LogP contribution is 2.41. The van der Waals surface area contributed by atoms with Gasteiger partial charge in [0.2, 0.25) is 11.8 Å². The molecule has 2 heterocycles. The Labute approximate surface area is 124 Å². The largest absolute Gasteiger partial charge is 0.388 e.